The van der Waals surface area contributed by atoms with E-state index in [9.17, 15) is 9.90 Å². The first kappa shape index (κ1) is 16.9. The standard InChI is InChI=1S/C21H18N2O4/c1-22-12-16-10-17(23-20(24)13-26-21(23)25)7-9-19(16)27-18-8-6-14-4-2-3-5-15(14)11-18/h2-11,13,22,24H,12H2,1H3. The van der Waals surface area contributed by atoms with Crippen LogP contribution in [0.1, 0.15) is 5.56 Å². The van der Waals surface area contributed by atoms with Crippen molar-refractivity contribution in [2.45, 2.75) is 6.54 Å². The van der Waals surface area contributed by atoms with Gasteiger partial charge in [-0.3, -0.25) is 0 Å². The number of rotatable bonds is 5. The number of nitrogens with zero attached hydrogens (tertiary/aromatic N) is 1. The first-order chi connectivity index (χ1) is 13.2. The predicted molar refractivity (Wildman–Crippen MR) is 103 cm³/mol. The second-order valence-electron chi connectivity index (χ2n) is 6.13. The van der Waals surface area contributed by atoms with Crippen LogP contribution in [-0.2, 0) is 6.54 Å². The van der Waals surface area contributed by atoms with Crippen molar-refractivity contribution < 1.29 is 14.3 Å². The van der Waals surface area contributed by atoms with Crippen molar-refractivity contribution >= 4 is 10.8 Å². The van der Waals surface area contributed by atoms with Crippen molar-refractivity contribution in [2.75, 3.05) is 7.05 Å². The highest BCUT2D eigenvalue weighted by atomic mass is 16.5. The van der Waals surface area contributed by atoms with Gasteiger partial charge in [-0.1, -0.05) is 30.3 Å². The molecule has 4 aromatic rings. The average molecular weight is 362 g/mol. The van der Waals surface area contributed by atoms with Crippen LogP contribution in [0.15, 0.2) is 76.1 Å². The molecular weight excluding hydrogens is 344 g/mol. The Morgan fingerprint density at radius 3 is 2.63 bits per heavy atom. The Bertz CT molecular complexity index is 1160. The highest BCUT2D eigenvalue weighted by Gasteiger charge is 2.13. The lowest BCUT2D eigenvalue weighted by Crippen LogP contribution is -2.13. The van der Waals surface area contributed by atoms with Crippen molar-refractivity contribution in [3.8, 4) is 23.1 Å². The third-order valence-corrected chi connectivity index (χ3v) is 4.30. The molecule has 0 spiro atoms. The molecule has 0 atom stereocenters. The van der Waals surface area contributed by atoms with E-state index in [2.05, 4.69) is 11.4 Å². The summed E-state index contributed by atoms with van der Waals surface area (Å²) in [6.07, 6.45) is 1.01. The first-order valence-electron chi connectivity index (χ1n) is 8.50. The van der Waals surface area contributed by atoms with E-state index in [1.165, 1.54) is 0 Å². The number of fused-ring (bicyclic) bond motifs is 1. The molecule has 0 aliphatic carbocycles. The van der Waals surface area contributed by atoms with E-state index in [0.717, 1.165) is 32.9 Å². The molecule has 0 bridgehead atoms. The lowest BCUT2D eigenvalue weighted by atomic mass is 10.1. The smallest absolute Gasteiger partial charge is 0.426 e. The lowest BCUT2D eigenvalue weighted by Gasteiger charge is -2.13. The van der Waals surface area contributed by atoms with Gasteiger partial charge in [0.2, 0.25) is 5.88 Å². The normalized spacial score (nSPS) is 11.0. The van der Waals surface area contributed by atoms with Gasteiger partial charge in [0.05, 0.1) is 5.69 Å². The number of aromatic hydroxyl groups is 1. The third-order valence-electron chi connectivity index (χ3n) is 4.30. The molecule has 0 saturated carbocycles. The van der Waals surface area contributed by atoms with Gasteiger partial charge < -0.3 is 19.6 Å². The molecular formula is C21H18N2O4. The molecule has 0 amide bonds. The van der Waals surface area contributed by atoms with Gasteiger partial charge in [0.25, 0.3) is 0 Å². The summed E-state index contributed by atoms with van der Waals surface area (Å²) in [7, 11) is 1.83. The van der Waals surface area contributed by atoms with Gasteiger partial charge in [0, 0.05) is 12.1 Å². The zero-order valence-electron chi connectivity index (χ0n) is 14.7. The largest absolute Gasteiger partial charge is 0.492 e. The van der Waals surface area contributed by atoms with Crippen LogP contribution >= 0.6 is 0 Å². The minimum Gasteiger partial charge on any atom is -0.492 e. The zero-order chi connectivity index (χ0) is 18.8. The maximum Gasteiger partial charge on any atom is 0.426 e. The van der Waals surface area contributed by atoms with Crippen molar-refractivity contribution in [3.63, 3.8) is 0 Å². The second-order valence-corrected chi connectivity index (χ2v) is 6.13. The van der Waals surface area contributed by atoms with E-state index in [4.69, 9.17) is 9.15 Å². The lowest BCUT2D eigenvalue weighted by molar-refractivity contribution is 0.438. The maximum absolute atomic E-state index is 11.8. The maximum atomic E-state index is 11.8. The van der Waals surface area contributed by atoms with Crippen LogP contribution < -0.4 is 15.8 Å². The highest BCUT2D eigenvalue weighted by molar-refractivity contribution is 5.83. The Hall–Kier alpha value is -3.51. The Kier molecular flexibility index (Phi) is 4.40. The van der Waals surface area contributed by atoms with E-state index in [1.807, 2.05) is 43.4 Å². The molecule has 4 rings (SSSR count). The molecule has 3 aromatic carbocycles. The fourth-order valence-electron chi connectivity index (χ4n) is 3.03. The molecule has 6 heteroatoms. The first-order valence-corrected chi connectivity index (χ1v) is 8.50. The fraction of sp³-hybridized carbons (Fsp3) is 0.0952. The van der Waals surface area contributed by atoms with Crippen LogP contribution in [0.2, 0.25) is 0 Å². The molecule has 136 valence electrons. The molecule has 1 heterocycles. The SMILES string of the molecule is CNCc1cc(-n2c(O)coc2=O)ccc1Oc1ccc2ccccc2c1. The van der Waals surface area contributed by atoms with Gasteiger partial charge in [-0.15, -0.1) is 0 Å². The Morgan fingerprint density at radius 1 is 1.07 bits per heavy atom. The summed E-state index contributed by atoms with van der Waals surface area (Å²) in [4.78, 5) is 11.8. The van der Waals surface area contributed by atoms with Crippen molar-refractivity contribution in [2.24, 2.45) is 0 Å². The van der Waals surface area contributed by atoms with Crippen molar-refractivity contribution in [3.05, 3.63) is 83.0 Å². The van der Waals surface area contributed by atoms with Gasteiger partial charge in [-0.05, 0) is 48.2 Å². The molecule has 0 aliphatic heterocycles. The summed E-state index contributed by atoms with van der Waals surface area (Å²) >= 11 is 0. The van der Waals surface area contributed by atoms with Crippen LogP contribution in [-0.4, -0.2) is 16.7 Å². The number of oxazole rings is 1. The van der Waals surface area contributed by atoms with Gasteiger partial charge in [0.1, 0.15) is 11.5 Å². The van der Waals surface area contributed by atoms with Crippen LogP contribution in [0.4, 0.5) is 0 Å². The third kappa shape index (κ3) is 3.30. The molecule has 6 nitrogen and oxygen atoms in total. The van der Waals surface area contributed by atoms with Crippen LogP contribution in [0.5, 0.6) is 17.4 Å². The fourth-order valence-corrected chi connectivity index (χ4v) is 3.03. The highest BCUT2D eigenvalue weighted by Crippen LogP contribution is 2.30. The molecule has 0 aliphatic rings. The summed E-state index contributed by atoms with van der Waals surface area (Å²) in [5.41, 5.74) is 1.35. The summed E-state index contributed by atoms with van der Waals surface area (Å²) in [5, 5.41) is 15.2. The molecule has 2 N–H and O–H groups in total. The average Bonchev–Trinajstić information content (AvgIpc) is 3.02. The summed E-state index contributed by atoms with van der Waals surface area (Å²) in [6, 6.07) is 19.3. The van der Waals surface area contributed by atoms with Gasteiger partial charge in [0.15, 0.2) is 6.26 Å². The molecule has 0 fully saturated rings. The summed E-state index contributed by atoms with van der Waals surface area (Å²) < 4.78 is 11.9. The van der Waals surface area contributed by atoms with E-state index in [0.29, 0.717) is 18.0 Å². The van der Waals surface area contributed by atoms with E-state index in [-0.39, 0.29) is 5.88 Å². The van der Waals surface area contributed by atoms with E-state index in [1.54, 1.807) is 18.2 Å². The zero-order valence-corrected chi connectivity index (χ0v) is 14.7. The Morgan fingerprint density at radius 2 is 1.89 bits per heavy atom. The predicted octanol–water partition coefficient (Wildman–Crippen LogP) is 3.80. The van der Waals surface area contributed by atoms with Crippen LogP contribution in [0.3, 0.4) is 0 Å². The number of nitrogens with one attached hydrogen (secondary N) is 1. The summed E-state index contributed by atoms with van der Waals surface area (Å²) in [6.45, 7) is 0.532. The van der Waals surface area contributed by atoms with Gasteiger partial charge in [-0.25, -0.2) is 9.36 Å². The van der Waals surface area contributed by atoms with Gasteiger partial charge in [-0.2, -0.15) is 0 Å². The Labute approximate surface area is 155 Å². The molecule has 27 heavy (non-hydrogen) atoms. The van der Waals surface area contributed by atoms with Crippen molar-refractivity contribution in [1.82, 2.24) is 9.88 Å². The second kappa shape index (κ2) is 7.01. The quantitative estimate of drug-likeness (QED) is 0.565. The Balaban J connectivity index is 1.72. The number of hydrogen-bond donors (Lipinski definition) is 2. The number of ether oxygens (including phenoxy) is 1. The molecule has 0 unspecified atom stereocenters. The number of aromatic nitrogens is 1. The molecule has 0 saturated heterocycles. The minimum absolute atomic E-state index is 0.251. The van der Waals surface area contributed by atoms with Crippen LogP contribution in [0.25, 0.3) is 16.5 Å². The summed E-state index contributed by atoms with van der Waals surface area (Å²) in [5.74, 6) is 0.492. The molecule has 1 aromatic heterocycles. The van der Waals surface area contributed by atoms with E-state index >= 15 is 0 Å². The molecule has 0 radical (unpaired) electrons. The van der Waals surface area contributed by atoms with Gasteiger partial charge >= 0.3 is 5.76 Å². The number of benzene rings is 3. The minimum atomic E-state index is -0.647. The number of hydrogen-bond acceptors (Lipinski definition) is 5. The van der Waals surface area contributed by atoms with Crippen molar-refractivity contribution in [1.29, 1.82) is 0 Å². The van der Waals surface area contributed by atoms with Crippen LogP contribution in [0, 0.1) is 0 Å². The van der Waals surface area contributed by atoms with E-state index < -0.39 is 5.76 Å². The topological polar surface area (TPSA) is 76.6 Å². The monoisotopic (exact) mass is 362 g/mol.